The molecule has 0 aromatic rings. The van der Waals surface area contributed by atoms with Crippen LogP contribution in [0.1, 0.15) is 51.9 Å². The lowest BCUT2D eigenvalue weighted by Crippen LogP contribution is -2.48. The molecular weight excluding hydrogens is 202 g/mol. The summed E-state index contributed by atoms with van der Waals surface area (Å²) in [4.78, 5) is 13.1. The first-order valence-electron chi connectivity index (χ1n) is 6.39. The molecule has 0 aromatic heterocycles. The molecule has 1 fully saturated rings. The molecule has 0 saturated heterocycles. The second-order valence-corrected chi connectivity index (χ2v) is 5.42. The van der Waals surface area contributed by atoms with Crippen LogP contribution in [0.2, 0.25) is 0 Å². The highest BCUT2D eigenvalue weighted by atomic mass is 16.4. The van der Waals surface area contributed by atoms with Gasteiger partial charge in [-0.2, -0.15) is 0 Å². The maximum Gasteiger partial charge on any atom is 0.305 e. The Morgan fingerprint density at radius 1 is 1.38 bits per heavy atom. The third-order valence-electron chi connectivity index (χ3n) is 4.16. The maximum atomic E-state index is 11.0. The summed E-state index contributed by atoms with van der Waals surface area (Å²) in [5.41, 5.74) is -0.0872. The van der Waals surface area contributed by atoms with E-state index in [-0.39, 0.29) is 5.54 Å². The molecule has 0 aromatic carbocycles. The topological polar surface area (TPSA) is 40.5 Å². The highest BCUT2D eigenvalue weighted by molar-refractivity contribution is 5.68. The van der Waals surface area contributed by atoms with Crippen LogP contribution >= 0.6 is 0 Å². The molecule has 0 aliphatic heterocycles. The van der Waals surface area contributed by atoms with Gasteiger partial charge in [-0.05, 0) is 45.7 Å². The third kappa shape index (κ3) is 3.21. The molecule has 0 radical (unpaired) electrons. The number of carboxylic acids is 1. The fourth-order valence-electron chi connectivity index (χ4n) is 2.98. The molecule has 0 atom stereocenters. The largest absolute Gasteiger partial charge is 0.481 e. The van der Waals surface area contributed by atoms with E-state index in [2.05, 4.69) is 11.8 Å². The van der Waals surface area contributed by atoms with Crippen molar-refractivity contribution in [3.63, 3.8) is 0 Å². The first-order chi connectivity index (χ1) is 7.50. The molecule has 3 heteroatoms. The highest BCUT2D eigenvalue weighted by Gasteiger charge is 2.38. The molecule has 16 heavy (non-hydrogen) atoms. The van der Waals surface area contributed by atoms with Crippen LogP contribution in [-0.4, -0.2) is 35.6 Å². The van der Waals surface area contributed by atoms with Crippen molar-refractivity contribution in [3.8, 4) is 0 Å². The van der Waals surface area contributed by atoms with E-state index >= 15 is 0 Å². The molecular formula is C13H25NO2. The standard InChI is InChI=1S/C13H25NO2/c1-4-5-11-6-8-13(9-7-11,14(2)3)10-12(15)16/h11H,4-10H2,1-3H3,(H,15,16). The fourth-order valence-corrected chi connectivity index (χ4v) is 2.98. The lowest BCUT2D eigenvalue weighted by Gasteiger charge is -2.44. The van der Waals surface area contributed by atoms with Gasteiger partial charge in [-0.15, -0.1) is 0 Å². The van der Waals surface area contributed by atoms with Gasteiger partial charge < -0.3 is 10.0 Å². The van der Waals surface area contributed by atoms with Crippen LogP contribution in [0.25, 0.3) is 0 Å². The molecule has 0 unspecified atom stereocenters. The second kappa shape index (κ2) is 5.67. The quantitative estimate of drug-likeness (QED) is 0.785. The predicted octanol–water partition coefficient (Wildman–Crippen LogP) is 2.75. The van der Waals surface area contributed by atoms with Crippen LogP contribution in [0.15, 0.2) is 0 Å². The number of hydrogen-bond acceptors (Lipinski definition) is 2. The smallest absolute Gasteiger partial charge is 0.305 e. The van der Waals surface area contributed by atoms with Crippen molar-refractivity contribution in [2.45, 2.75) is 57.4 Å². The van der Waals surface area contributed by atoms with E-state index in [1.807, 2.05) is 14.1 Å². The first kappa shape index (κ1) is 13.5. The van der Waals surface area contributed by atoms with Crippen molar-refractivity contribution in [1.82, 2.24) is 4.90 Å². The van der Waals surface area contributed by atoms with Crippen molar-refractivity contribution < 1.29 is 9.90 Å². The average molecular weight is 227 g/mol. The van der Waals surface area contributed by atoms with E-state index in [0.717, 1.165) is 18.8 Å². The van der Waals surface area contributed by atoms with Crippen molar-refractivity contribution >= 4 is 5.97 Å². The molecule has 1 aliphatic carbocycles. The van der Waals surface area contributed by atoms with Gasteiger partial charge in [-0.25, -0.2) is 0 Å². The fraction of sp³-hybridized carbons (Fsp3) is 0.923. The third-order valence-corrected chi connectivity index (χ3v) is 4.16. The minimum Gasteiger partial charge on any atom is -0.481 e. The Morgan fingerprint density at radius 2 is 1.94 bits per heavy atom. The molecule has 1 rings (SSSR count). The normalized spacial score (nSPS) is 30.6. The number of carbonyl (C=O) groups is 1. The zero-order valence-electron chi connectivity index (χ0n) is 10.8. The van der Waals surface area contributed by atoms with Crippen LogP contribution in [0, 0.1) is 5.92 Å². The summed E-state index contributed by atoms with van der Waals surface area (Å²) in [5, 5.41) is 9.02. The van der Waals surface area contributed by atoms with E-state index in [1.165, 1.54) is 25.7 Å². The lowest BCUT2D eigenvalue weighted by molar-refractivity contribution is -0.141. The van der Waals surface area contributed by atoms with E-state index in [9.17, 15) is 4.79 Å². The number of hydrogen-bond donors (Lipinski definition) is 1. The minimum absolute atomic E-state index is 0.0872. The summed E-state index contributed by atoms with van der Waals surface area (Å²) in [6.45, 7) is 2.23. The Kier molecular flexibility index (Phi) is 4.78. The van der Waals surface area contributed by atoms with Crippen LogP contribution < -0.4 is 0 Å². The van der Waals surface area contributed by atoms with Gasteiger partial charge in [0.1, 0.15) is 0 Å². The molecule has 1 aliphatic rings. The molecule has 0 spiro atoms. The van der Waals surface area contributed by atoms with E-state index in [0.29, 0.717) is 6.42 Å². The van der Waals surface area contributed by atoms with E-state index in [1.54, 1.807) is 0 Å². The lowest BCUT2D eigenvalue weighted by atomic mass is 9.73. The van der Waals surface area contributed by atoms with Gasteiger partial charge >= 0.3 is 5.97 Å². The van der Waals surface area contributed by atoms with Crippen LogP contribution in [0.4, 0.5) is 0 Å². The second-order valence-electron chi connectivity index (χ2n) is 5.42. The van der Waals surface area contributed by atoms with Gasteiger partial charge in [-0.3, -0.25) is 4.79 Å². The van der Waals surface area contributed by atoms with Crippen LogP contribution in [0.5, 0.6) is 0 Å². The minimum atomic E-state index is -0.664. The summed E-state index contributed by atoms with van der Waals surface area (Å²) in [7, 11) is 4.03. The van der Waals surface area contributed by atoms with Crippen molar-refractivity contribution in [3.05, 3.63) is 0 Å². The summed E-state index contributed by atoms with van der Waals surface area (Å²) in [6.07, 6.45) is 7.31. The molecule has 1 N–H and O–H groups in total. The SMILES string of the molecule is CCCC1CCC(CC(=O)O)(N(C)C)CC1. The Balaban J connectivity index is 2.59. The molecule has 94 valence electrons. The monoisotopic (exact) mass is 227 g/mol. The van der Waals surface area contributed by atoms with E-state index in [4.69, 9.17) is 5.11 Å². The predicted molar refractivity (Wildman–Crippen MR) is 65.5 cm³/mol. The summed E-state index contributed by atoms with van der Waals surface area (Å²) in [5.74, 6) is 0.162. The molecule has 3 nitrogen and oxygen atoms in total. The zero-order chi connectivity index (χ0) is 12.2. The van der Waals surface area contributed by atoms with Gasteiger partial charge in [0.2, 0.25) is 0 Å². The van der Waals surface area contributed by atoms with Crippen molar-refractivity contribution in [2.75, 3.05) is 14.1 Å². The molecule has 0 amide bonds. The molecule has 0 heterocycles. The summed E-state index contributed by atoms with van der Waals surface area (Å²) >= 11 is 0. The Labute approximate surface area is 98.8 Å². The summed E-state index contributed by atoms with van der Waals surface area (Å²) in [6, 6.07) is 0. The number of rotatable bonds is 5. The van der Waals surface area contributed by atoms with Gasteiger partial charge in [-0.1, -0.05) is 19.8 Å². The van der Waals surface area contributed by atoms with Crippen LogP contribution in [-0.2, 0) is 4.79 Å². The number of aliphatic carboxylic acids is 1. The van der Waals surface area contributed by atoms with Crippen molar-refractivity contribution in [2.24, 2.45) is 5.92 Å². The highest BCUT2D eigenvalue weighted by Crippen LogP contribution is 2.39. The van der Waals surface area contributed by atoms with Crippen LogP contribution in [0.3, 0.4) is 0 Å². The van der Waals surface area contributed by atoms with Crippen molar-refractivity contribution in [1.29, 1.82) is 0 Å². The average Bonchev–Trinajstić information content (AvgIpc) is 2.20. The maximum absolute atomic E-state index is 11.0. The zero-order valence-corrected chi connectivity index (χ0v) is 10.8. The van der Waals surface area contributed by atoms with E-state index < -0.39 is 5.97 Å². The Morgan fingerprint density at radius 3 is 2.31 bits per heavy atom. The van der Waals surface area contributed by atoms with Gasteiger partial charge in [0.25, 0.3) is 0 Å². The molecule has 0 bridgehead atoms. The Bertz CT molecular complexity index is 230. The van der Waals surface area contributed by atoms with Gasteiger partial charge in [0, 0.05) is 5.54 Å². The van der Waals surface area contributed by atoms with Gasteiger partial charge in [0.05, 0.1) is 6.42 Å². The molecule has 1 saturated carbocycles. The van der Waals surface area contributed by atoms with Gasteiger partial charge in [0.15, 0.2) is 0 Å². The first-order valence-corrected chi connectivity index (χ1v) is 6.39. The summed E-state index contributed by atoms with van der Waals surface area (Å²) < 4.78 is 0. The number of carboxylic acid groups (broad SMARTS) is 1. The number of nitrogens with zero attached hydrogens (tertiary/aromatic N) is 1. The Hall–Kier alpha value is -0.570.